The summed E-state index contributed by atoms with van der Waals surface area (Å²) < 4.78 is 0. The van der Waals surface area contributed by atoms with Crippen molar-refractivity contribution in [2.45, 2.75) is 12.5 Å². The number of nitrogens with zero attached hydrogens (tertiary/aromatic N) is 3. The van der Waals surface area contributed by atoms with Gasteiger partial charge in [0.15, 0.2) is 0 Å². The van der Waals surface area contributed by atoms with Gasteiger partial charge in [-0.1, -0.05) is 18.2 Å². The van der Waals surface area contributed by atoms with Crippen LogP contribution in [0.4, 0.5) is 0 Å². The molecular formula is C20H22N4. The Morgan fingerprint density at radius 1 is 1.00 bits per heavy atom. The van der Waals surface area contributed by atoms with E-state index >= 15 is 0 Å². The number of aromatic nitrogens is 2. The topological polar surface area (TPSA) is 41.1 Å². The second-order valence-electron chi connectivity index (χ2n) is 6.31. The van der Waals surface area contributed by atoms with Crippen molar-refractivity contribution in [1.82, 2.24) is 20.2 Å². The van der Waals surface area contributed by atoms with Crippen LogP contribution in [0, 0.1) is 0 Å². The third-order valence-electron chi connectivity index (χ3n) is 4.77. The molecule has 3 heterocycles. The largest absolute Gasteiger partial charge is 0.314 e. The van der Waals surface area contributed by atoms with Gasteiger partial charge in [0.25, 0.3) is 0 Å². The number of benzene rings is 1. The lowest BCUT2D eigenvalue weighted by molar-refractivity contribution is 0.172. The van der Waals surface area contributed by atoms with Crippen molar-refractivity contribution in [3.63, 3.8) is 0 Å². The summed E-state index contributed by atoms with van der Waals surface area (Å²) in [5.74, 6) is 0. The van der Waals surface area contributed by atoms with E-state index in [1.807, 2.05) is 24.7 Å². The van der Waals surface area contributed by atoms with Crippen LogP contribution in [-0.2, 0) is 6.42 Å². The molecule has 4 nitrogen and oxygen atoms in total. The third-order valence-corrected chi connectivity index (χ3v) is 4.77. The van der Waals surface area contributed by atoms with Crippen LogP contribution in [0.5, 0.6) is 0 Å². The molecule has 0 amide bonds. The second kappa shape index (κ2) is 7.07. The zero-order chi connectivity index (χ0) is 16.2. The summed E-state index contributed by atoms with van der Waals surface area (Å²) in [5.41, 5.74) is 2.51. The minimum Gasteiger partial charge on any atom is -0.314 e. The molecule has 1 aliphatic rings. The van der Waals surface area contributed by atoms with Gasteiger partial charge in [-0.25, -0.2) is 0 Å². The first-order chi connectivity index (χ1) is 11.9. The van der Waals surface area contributed by atoms with Gasteiger partial charge in [-0.3, -0.25) is 14.9 Å². The van der Waals surface area contributed by atoms with Crippen LogP contribution in [0.15, 0.2) is 61.1 Å². The lowest BCUT2D eigenvalue weighted by Gasteiger charge is -2.35. The van der Waals surface area contributed by atoms with Crippen molar-refractivity contribution < 1.29 is 0 Å². The van der Waals surface area contributed by atoms with Gasteiger partial charge in [-0.15, -0.1) is 0 Å². The summed E-state index contributed by atoms with van der Waals surface area (Å²) in [4.78, 5) is 11.3. The van der Waals surface area contributed by atoms with Crippen LogP contribution < -0.4 is 5.32 Å². The Labute approximate surface area is 142 Å². The van der Waals surface area contributed by atoms with Gasteiger partial charge in [0.1, 0.15) is 0 Å². The van der Waals surface area contributed by atoms with Gasteiger partial charge in [0.05, 0.1) is 0 Å². The fraction of sp³-hybridized carbons (Fsp3) is 0.300. The molecule has 3 aromatic rings. The molecule has 2 aromatic heterocycles. The second-order valence-corrected chi connectivity index (χ2v) is 6.31. The first-order valence-electron chi connectivity index (χ1n) is 8.58. The fourth-order valence-corrected chi connectivity index (χ4v) is 3.48. The predicted molar refractivity (Wildman–Crippen MR) is 96.9 cm³/mol. The van der Waals surface area contributed by atoms with Gasteiger partial charge < -0.3 is 5.32 Å². The van der Waals surface area contributed by atoms with Crippen molar-refractivity contribution in [1.29, 1.82) is 0 Å². The Bertz CT molecular complexity index is 797. The van der Waals surface area contributed by atoms with Gasteiger partial charge >= 0.3 is 0 Å². The van der Waals surface area contributed by atoms with Crippen LogP contribution >= 0.6 is 0 Å². The highest BCUT2D eigenvalue weighted by molar-refractivity contribution is 5.82. The summed E-state index contributed by atoms with van der Waals surface area (Å²) in [5, 5.41) is 5.90. The molecule has 4 heteroatoms. The molecule has 0 spiro atoms. The van der Waals surface area contributed by atoms with Crippen molar-refractivity contribution in [3.8, 4) is 0 Å². The van der Waals surface area contributed by atoms with Crippen molar-refractivity contribution in [2.75, 3.05) is 26.2 Å². The number of nitrogens with one attached hydrogen (secondary N) is 1. The van der Waals surface area contributed by atoms with E-state index in [1.54, 1.807) is 0 Å². The van der Waals surface area contributed by atoms with Gasteiger partial charge in [0.2, 0.25) is 0 Å². The summed E-state index contributed by atoms with van der Waals surface area (Å²) in [7, 11) is 0. The van der Waals surface area contributed by atoms with Gasteiger partial charge in [0, 0.05) is 68.3 Å². The summed E-state index contributed by atoms with van der Waals surface area (Å²) in [6.07, 6.45) is 6.62. The average Bonchev–Trinajstić information content (AvgIpc) is 2.67. The monoisotopic (exact) mass is 318 g/mol. The number of rotatable bonds is 4. The first-order valence-corrected chi connectivity index (χ1v) is 8.58. The lowest BCUT2D eigenvalue weighted by Crippen LogP contribution is -2.45. The van der Waals surface area contributed by atoms with E-state index in [9.17, 15) is 0 Å². The predicted octanol–water partition coefficient (Wildman–Crippen LogP) is 2.82. The van der Waals surface area contributed by atoms with Crippen LogP contribution in [0.3, 0.4) is 0 Å². The Hall–Kier alpha value is -2.30. The molecule has 1 saturated heterocycles. The van der Waals surface area contributed by atoms with E-state index in [0.717, 1.165) is 38.3 Å². The smallest absolute Gasteiger partial charge is 0.0422 e. The lowest BCUT2D eigenvalue weighted by atomic mass is 9.97. The number of hydrogen-bond acceptors (Lipinski definition) is 4. The summed E-state index contributed by atoms with van der Waals surface area (Å²) >= 11 is 0. The highest BCUT2D eigenvalue weighted by atomic mass is 15.2. The maximum Gasteiger partial charge on any atom is 0.0422 e. The molecular weight excluding hydrogens is 296 g/mol. The van der Waals surface area contributed by atoms with Crippen molar-refractivity contribution >= 4 is 10.8 Å². The molecule has 122 valence electrons. The Balaban J connectivity index is 1.69. The van der Waals surface area contributed by atoms with Crippen molar-refractivity contribution in [2.24, 2.45) is 0 Å². The van der Waals surface area contributed by atoms with E-state index < -0.39 is 0 Å². The van der Waals surface area contributed by atoms with Gasteiger partial charge in [-0.2, -0.15) is 0 Å². The molecule has 4 rings (SSSR count). The number of pyridine rings is 2. The molecule has 1 aromatic carbocycles. The van der Waals surface area contributed by atoms with Crippen LogP contribution in [0.2, 0.25) is 0 Å². The highest BCUT2D eigenvalue weighted by Gasteiger charge is 2.23. The molecule has 1 aliphatic heterocycles. The Kier molecular flexibility index (Phi) is 4.49. The highest BCUT2D eigenvalue weighted by Crippen LogP contribution is 2.27. The van der Waals surface area contributed by atoms with Gasteiger partial charge in [-0.05, 0) is 35.2 Å². The van der Waals surface area contributed by atoms with Crippen LogP contribution in [-0.4, -0.2) is 41.0 Å². The van der Waals surface area contributed by atoms with E-state index in [4.69, 9.17) is 0 Å². The Morgan fingerprint density at radius 2 is 1.92 bits per heavy atom. The fourth-order valence-electron chi connectivity index (χ4n) is 3.48. The maximum absolute atomic E-state index is 4.55. The maximum atomic E-state index is 4.55. The van der Waals surface area contributed by atoms with Crippen molar-refractivity contribution in [3.05, 3.63) is 72.3 Å². The molecule has 0 radical (unpaired) electrons. The van der Waals surface area contributed by atoms with E-state index in [0.29, 0.717) is 6.04 Å². The molecule has 1 atom stereocenters. The third kappa shape index (κ3) is 3.30. The number of fused-ring (bicyclic) bond motifs is 1. The molecule has 0 bridgehead atoms. The number of hydrogen-bond donors (Lipinski definition) is 1. The standard InChI is InChI=1S/C20H22N4/c1-2-7-23-19(3-1)14-20(24-11-9-21-10-12-24)17-4-5-18-15-22-8-6-16(18)13-17/h1-8,13,15,20-21H,9-12,14H2. The van der Waals surface area contributed by atoms with E-state index in [1.165, 1.54) is 16.3 Å². The molecule has 1 unspecified atom stereocenters. The molecule has 1 N–H and O–H groups in total. The van der Waals surface area contributed by atoms with Crippen LogP contribution in [0.1, 0.15) is 17.3 Å². The summed E-state index contributed by atoms with van der Waals surface area (Å²) in [6.45, 7) is 4.25. The molecule has 0 saturated carbocycles. The molecule has 24 heavy (non-hydrogen) atoms. The molecule has 0 aliphatic carbocycles. The first kappa shape index (κ1) is 15.2. The van der Waals surface area contributed by atoms with E-state index in [-0.39, 0.29) is 0 Å². The number of piperazine rings is 1. The minimum absolute atomic E-state index is 0.361. The minimum atomic E-state index is 0.361. The molecule has 1 fully saturated rings. The normalized spacial score (nSPS) is 17.0. The summed E-state index contributed by atoms with van der Waals surface area (Å²) in [6, 6.07) is 15.4. The quantitative estimate of drug-likeness (QED) is 0.803. The zero-order valence-electron chi connectivity index (χ0n) is 13.7. The average molecular weight is 318 g/mol. The SMILES string of the molecule is c1ccc(CC(c2ccc3cnccc3c2)N2CCNCC2)nc1. The zero-order valence-corrected chi connectivity index (χ0v) is 13.7. The Morgan fingerprint density at radius 3 is 2.75 bits per heavy atom. The van der Waals surface area contributed by atoms with Crippen LogP contribution in [0.25, 0.3) is 10.8 Å². The van der Waals surface area contributed by atoms with E-state index in [2.05, 4.69) is 56.6 Å².